The highest BCUT2D eigenvalue weighted by molar-refractivity contribution is 7.54. The molecule has 1 saturated heterocycles. The molecule has 0 aromatic heterocycles. The van der Waals surface area contributed by atoms with Crippen molar-refractivity contribution in [2.45, 2.75) is 82.9 Å². The Morgan fingerprint density at radius 2 is 1.69 bits per heavy atom. The lowest BCUT2D eigenvalue weighted by Gasteiger charge is -2.31. The molecular weight excluding hydrogens is 603 g/mol. The SMILES string of the molecule is CCCCC(OC(=O)c1ccccc1)P(=O)(OC)O[C@@H](CCCCNC(=O)OCc1ccccc1)C(=O)N1CCC[C@H]1C(=O)O. The van der Waals surface area contributed by atoms with Crippen LogP contribution in [-0.2, 0) is 39.3 Å². The second-order valence-corrected chi connectivity index (χ2v) is 12.9. The summed E-state index contributed by atoms with van der Waals surface area (Å²) >= 11 is 0. The number of aliphatic carboxylic acids is 1. The standard InChI is InChI=1S/C32H43N2O10P/c1-3-4-20-28(43-31(38)25-16-9-6-10-17-25)45(40,41-2)44-27(29(35)34-22-13-18-26(34)30(36)37)19-11-12-21-33-32(39)42-23-24-14-7-5-8-15-24/h5-10,14-17,26-28H,3-4,11-13,18-23H2,1-2H3,(H,33,39)(H,36,37)/t26-,27-,28?,45?/m0/s1. The van der Waals surface area contributed by atoms with Gasteiger partial charge in [-0.15, -0.1) is 0 Å². The molecule has 13 heteroatoms. The number of benzene rings is 2. The Labute approximate surface area is 263 Å². The molecule has 4 atom stereocenters. The maximum atomic E-state index is 14.2. The van der Waals surface area contributed by atoms with Crippen LogP contribution < -0.4 is 5.32 Å². The van der Waals surface area contributed by atoms with E-state index in [1.165, 1.54) is 12.0 Å². The van der Waals surface area contributed by atoms with Crippen LogP contribution in [0.25, 0.3) is 0 Å². The van der Waals surface area contributed by atoms with Crippen LogP contribution in [0, 0.1) is 0 Å². The first-order valence-electron chi connectivity index (χ1n) is 15.3. The van der Waals surface area contributed by atoms with Crippen molar-refractivity contribution >= 4 is 31.5 Å². The zero-order valence-electron chi connectivity index (χ0n) is 25.8. The molecule has 1 aliphatic rings. The molecule has 2 amide bonds. The van der Waals surface area contributed by atoms with E-state index >= 15 is 0 Å². The highest BCUT2D eigenvalue weighted by Crippen LogP contribution is 2.56. The van der Waals surface area contributed by atoms with Crippen LogP contribution >= 0.6 is 7.60 Å². The predicted octanol–water partition coefficient (Wildman–Crippen LogP) is 5.76. The summed E-state index contributed by atoms with van der Waals surface area (Å²) < 4.78 is 36.4. The number of carbonyl (C=O) groups excluding carboxylic acids is 3. The second-order valence-electron chi connectivity index (χ2n) is 10.7. The minimum absolute atomic E-state index is 0.0584. The van der Waals surface area contributed by atoms with Gasteiger partial charge < -0.3 is 29.3 Å². The number of nitrogens with one attached hydrogen (secondary N) is 1. The van der Waals surface area contributed by atoms with Crippen molar-refractivity contribution in [1.82, 2.24) is 10.2 Å². The molecule has 246 valence electrons. The van der Waals surface area contributed by atoms with E-state index in [0.717, 1.165) is 5.56 Å². The van der Waals surface area contributed by atoms with Crippen molar-refractivity contribution in [2.24, 2.45) is 0 Å². The van der Waals surface area contributed by atoms with Crippen LogP contribution in [0.15, 0.2) is 60.7 Å². The van der Waals surface area contributed by atoms with Crippen molar-refractivity contribution in [3.63, 3.8) is 0 Å². The topological polar surface area (TPSA) is 158 Å². The van der Waals surface area contributed by atoms with E-state index in [4.69, 9.17) is 18.5 Å². The van der Waals surface area contributed by atoms with Gasteiger partial charge in [0.25, 0.3) is 5.91 Å². The number of nitrogens with zero attached hydrogens (tertiary/aromatic N) is 1. The molecule has 2 aromatic carbocycles. The van der Waals surface area contributed by atoms with E-state index in [0.29, 0.717) is 38.5 Å². The summed E-state index contributed by atoms with van der Waals surface area (Å²) in [4.78, 5) is 51.8. The molecule has 1 heterocycles. The highest BCUT2D eigenvalue weighted by Gasteiger charge is 2.44. The maximum absolute atomic E-state index is 14.2. The van der Waals surface area contributed by atoms with Gasteiger partial charge in [0.15, 0.2) is 0 Å². The average Bonchev–Trinajstić information content (AvgIpc) is 3.56. The number of hydrogen-bond acceptors (Lipinski definition) is 9. The first kappa shape index (κ1) is 35.7. The Bertz CT molecular complexity index is 1290. The normalized spacial score (nSPS) is 17.1. The number of carboxylic acid groups (broad SMARTS) is 1. The van der Waals surface area contributed by atoms with Gasteiger partial charge in [0.2, 0.25) is 5.85 Å². The van der Waals surface area contributed by atoms with Crippen molar-refractivity contribution < 1.29 is 47.4 Å². The van der Waals surface area contributed by atoms with Gasteiger partial charge in [-0.25, -0.2) is 14.4 Å². The van der Waals surface area contributed by atoms with Gasteiger partial charge in [0.1, 0.15) is 18.8 Å². The zero-order chi connectivity index (χ0) is 32.7. The van der Waals surface area contributed by atoms with Gasteiger partial charge in [0, 0.05) is 20.2 Å². The van der Waals surface area contributed by atoms with Crippen molar-refractivity contribution in [3.05, 3.63) is 71.8 Å². The van der Waals surface area contributed by atoms with Gasteiger partial charge in [-0.1, -0.05) is 61.9 Å². The lowest BCUT2D eigenvalue weighted by molar-refractivity contribution is -0.151. The predicted molar refractivity (Wildman–Crippen MR) is 166 cm³/mol. The minimum atomic E-state index is -4.25. The van der Waals surface area contributed by atoms with E-state index in [9.17, 15) is 28.8 Å². The lowest BCUT2D eigenvalue weighted by Crippen LogP contribution is -2.46. The molecule has 2 N–H and O–H groups in total. The van der Waals surface area contributed by atoms with Gasteiger partial charge in [-0.05, 0) is 62.6 Å². The number of ether oxygens (including phenoxy) is 2. The summed E-state index contributed by atoms with van der Waals surface area (Å²) in [5, 5.41) is 12.3. The first-order valence-corrected chi connectivity index (χ1v) is 16.9. The fourth-order valence-corrected chi connectivity index (χ4v) is 6.68. The molecule has 2 unspecified atom stereocenters. The molecule has 45 heavy (non-hydrogen) atoms. The number of rotatable bonds is 18. The molecule has 0 spiro atoms. The van der Waals surface area contributed by atoms with Crippen LogP contribution in [0.2, 0.25) is 0 Å². The highest BCUT2D eigenvalue weighted by atomic mass is 31.2. The van der Waals surface area contributed by atoms with E-state index in [2.05, 4.69) is 5.32 Å². The summed E-state index contributed by atoms with van der Waals surface area (Å²) in [5.41, 5.74) is 1.10. The molecule has 0 saturated carbocycles. The number of unbranched alkanes of at least 4 members (excludes halogenated alkanes) is 2. The summed E-state index contributed by atoms with van der Waals surface area (Å²) in [7, 11) is -3.08. The molecule has 12 nitrogen and oxygen atoms in total. The molecule has 0 aliphatic carbocycles. The van der Waals surface area contributed by atoms with Crippen LogP contribution in [0.4, 0.5) is 4.79 Å². The van der Waals surface area contributed by atoms with Crippen LogP contribution in [0.1, 0.15) is 74.2 Å². The summed E-state index contributed by atoms with van der Waals surface area (Å²) in [6.45, 7) is 2.50. The smallest absolute Gasteiger partial charge is 0.407 e. The first-order chi connectivity index (χ1) is 21.7. The Morgan fingerprint density at radius 1 is 1.00 bits per heavy atom. The third kappa shape index (κ3) is 11.0. The molecule has 0 radical (unpaired) electrons. The molecule has 1 fully saturated rings. The van der Waals surface area contributed by atoms with Crippen LogP contribution in [0.5, 0.6) is 0 Å². The zero-order valence-corrected chi connectivity index (χ0v) is 26.7. The monoisotopic (exact) mass is 646 g/mol. The number of esters is 1. The summed E-state index contributed by atoms with van der Waals surface area (Å²) in [5.74, 6) is -3.77. The van der Waals surface area contributed by atoms with Gasteiger partial charge in [-0.3, -0.25) is 13.9 Å². The van der Waals surface area contributed by atoms with Crippen LogP contribution in [-0.4, -0.2) is 72.1 Å². The quantitative estimate of drug-likeness (QED) is 0.116. The molecule has 2 aromatic rings. The van der Waals surface area contributed by atoms with Gasteiger partial charge in [-0.2, -0.15) is 0 Å². The van der Waals surface area contributed by atoms with E-state index < -0.39 is 49.5 Å². The number of likely N-dealkylation sites (tertiary alicyclic amines) is 1. The Kier molecular flexibility index (Phi) is 14.5. The number of alkyl carbamates (subject to hydrolysis) is 1. The number of carbonyl (C=O) groups is 4. The van der Waals surface area contributed by atoms with Crippen molar-refractivity contribution in [2.75, 3.05) is 20.2 Å². The third-order valence-electron chi connectivity index (χ3n) is 7.41. The van der Waals surface area contributed by atoms with Gasteiger partial charge in [0.05, 0.1) is 5.56 Å². The molecular formula is C32H43N2O10P. The Balaban J connectivity index is 1.69. The second kappa shape index (κ2) is 18.3. The summed E-state index contributed by atoms with van der Waals surface area (Å²) in [6, 6.07) is 16.4. The van der Waals surface area contributed by atoms with Crippen molar-refractivity contribution in [3.8, 4) is 0 Å². The minimum Gasteiger partial charge on any atom is -0.480 e. The Hall–Kier alpha value is -3.73. The molecule has 0 bridgehead atoms. The van der Waals surface area contributed by atoms with E-state index in [1.54, 1.807) is 30.3 Å². The largest absolute Gasteiger partial charge is 0.480 e. The fourth-order valence-electron chi connectivity index (χ4n) is 4.94. The lowest BCUT2D eigenvalue weighted by atomic mass is 10.1. The third-order valence-corrected chi connectivity index (χ3v) is 9.54. The summed E-state index contributed by atoms with van der Waals surface area (Å²) in [6.07, 6.45) is 1.12. The molecule has 3 rings (SSSR count). The van der Waals surface area contributed by atoms with E-state index in [1.807, 2.05) is 37.3 Å². The maximum Gasteiger partial charge on any atom is 0.407 e. The number of hydrogen-bond donors (Lipinski definition) is 2. The number of amides is 2. The van der Waals surface area contributed by atoms with Crippen molar-refractivity contribution in [1.29, 1.82) is 0 Å². The van der Waals surface area contributed by atoms with Gasteiger partial charge >= 0.3 is 25.6 Å². The molecule has 1 aliphatic heterocycles. The average molecular weight is 647 g/mol. The Morgan fingerprint density at radius 3 is 2.33 bits per heavy atom. The van der Waals surface area contributed by atoms with E-state index in [-0.39, 0.29) is 38.1 Å². The fraction of sp³-hybridized carbons (Fsp3) is 0.500. The number of carboxylic acids is 1. The van der Waals surface area contributed by atoms with Crippen LogP contribution in [0.3, 0.4) is 0 Å².